The van der Waals surface area contributed by atoms with Gasteiger partial charge in [-0.15, -0.1) is 11.3 Å². The number of esters is 1. The molecular weight excluding hydrogens is 418 g/mol. The molecule has 2 aliphatic heterocycles. The molecule has 1 aromatic heterocycles. The molecule has 8 heteroatoms. The Morgan fingerprint density at radius 2 is 1.87 bits per heavy atom. The van der Waals surface area contributed by atoms with Crippen LogP contribution in [0.3, 0.4) is 0 Å². The van der Waals surface area contributed by atoms with Crippen LogP contribution in [0.5, 0.6) is 0 Å². The fourth-order valence-corrected chi connectivity index (χ4v) is 6.79. The Hall–Kier alpha value is -1.93. The summed E-state index contributed by atoms with van der Waals surface area (Å²) in [6.45, 7) is 6.76. The third kappa shape index (κ3) is 3.78. The minimum atomic E-state index is -1.00. The van der Waals surface area contributed by atoms with Gasteiger partial charge in [0.25, 0.3) is 0 Å². The van der Waals surface area contributed by atoms with Gasteiger partial charge in [-0.25, -0.2) is 4.79 Å². The number of rotatable bonds is 6. The lowest BCUT2D eigenvalue weighted by Gasteiger charge is -2.36. The highest BCUT2D eigenvalue weighted by molar-refractivity contribution is 7.17. The number of hydrogen-bond donors (Lipinski definition) is 2. The second-order valence-corrected chi connectivity index (χ2v) is 10.8. The molecule has 5 atom stereocenters. The second-order valence-electron chi connectivity index (χ2n) is 9.65. The van der Waals surface area contributed by atoms with Crippen LogP contribution >= 0.6 is 11.3 Å². The quantitative estimate of drug-likeness (QED) is 0.639. The summed E-state index contributed by atoms with van der Waals surface area (Å²) < 4.78 is 10.8. The number of nitrogens with one attached hydrogen (secondary N) is 1. The van der Waals surface area contributed by atoms with Crippen LogP contribution in [0.15, 0.2) is 0 Å². The zero-order valence-electron chi connectivity index (χ0n) is 18.5. The molecule has 2 bridgehead atoms. The van der Waals surface area contributed by atoms with Crippen LogP contribution in [0.25, 0.3) is 0 Å². The molecule has 7 nitrogen and oxygen atoms in total. The molecule has 170 valence electrons. The van der Waals surface area contributed by atoms with Crippen molar-refractivity contribution in [2.24, 2.45) is 23.2 Å². The van der Waals surface area contributed by atoms with Gasteiger partial charge in [-0.3, -0.25) is 9.59 Å². The number of fused-ring (bicyclic) bond motifs is 3. The summed E-state index contributed by atoms with van der Waals surface area (Å²) >= 11 is 1.43. The van der Waals surface area contributed by atoms with Gasteiger partial charge in [0.15, 0.2) is 0 Å². The fourth-order valence-electron chi connectivity index (χ4n) is 5.47. The highest BCUT2D eigenvalue weighted by atomic mass is 32.1. The van der Waals surface area contributed by atoms with Crippen molar-refractivity contribution in [2.45, 2.75) is 71.5 Å². The van der Waals surface area contributed by atoms with Gasteiger partial charge >= 0.3 is 11.9 Å². The number of hydrogen-bond acceptors (Lipinski definition) is 6. The molecule has 3 heterocycles. The maximum atomic E-state index is 13.2. The van der Waals surface area contributed by atoms with E-state index in [0.717, 1.165) is 36.1 Å². The van der Waals surface area contributed by atoms with Crippen molar-refractivity contribution in [1.29, 1.82) is 0 Å². The molecule has 0 unspecified atom stereocenters. The molecular formula is C23H31NO6S. The van der Waals surface area contributed by atoms with E-state index in [1.807, 2.05) is 0 Å². The van der Waals surface area contributed by atoms with Crippen LogP contribution in [0.2, 0.25) is 0 Å². The number of methoxy groups -OCH3 is 1. The highest BCUT2D eigenvalue weighted by Crippen LogP contribution is 2.47. The Bertz CT molecular complexity index is 906. The third-order valence-electron chi connectivity index (χ3n) is 7.77. The molecule has 2 N–H and O–H groups in total. The Morgan fingerprint density at radius 1 is 1.19 bits per heavy atom. The van der Waals surface area contributed by atoms with E-state index in [1.165, 1.54) is 18.4 Å². The van der Waals surface area contributed by atoms with Crippen LogP contribution in [0.4, 0.5) is 5.00 Å². The van der Waals surface area contributed by atoms with E-state index in [0.29, 0.717) is 29.3 Å². The summed E-state index contributed by atoms with van der Waals surface area (Å²) in [7, 11) is 1.34. The largest absolute Gasteiger partial charge is 0.481 e. The van der Waals surface area contributed by atoms with Gasteiger partial charge in [0, 0.05) is 4.88 Å². The molecule has 31 heavy (non-hydrogen) atoms. The molecule has 0 spiro atoms. The standard InChI is InChI=1S/C23H31NO6S/c1-5-23(2,3)11-6-7-12-15(10-11)31-20(16(12)22(28)29-4)24-19(25)17-13-8-9-14(30-13)18(17)21(26)27/h11,13-14,17-18H,5-10H2,1-4H3,(H,24,25)(H,26,27)/t11-,13+,14-,17+,18+/m1/s1. The van der Waals surface area contributed by atoms with Crippen molar-refractivity contribution in [3.63, 3.8) is 0 Å². The van der Waals surface area contributed by atoms with Gasteiger partial charge in [-0.2, -0.15) is 0 Å². The van der Waals surface area contributed by atoms with Gasteiger partial charge in [-0.1, -0.05) is 27.2 Å². The van der Waals surface area contributed by atoms with Crippen molar-refractivity contribution in [2.75, 3.05) is 12.4 Å². The average molecular weight is 450 g/mol. The van der Waals surface area contributed by atoms with Crippen LogP contribution in [0, 0.1) is 23.2 Å². The van der Waals surface area contributed by atoms with E-state index >= 15 is 0 Å². The van der Waals surface area contributed by atoms with Gasteiger partial charge in [-0.05, 0) is 49.0 Å². The Balaban J connectivity index is 1.62. The predicted octanol–water partition coefficient (Wildman–Crippen LogP) is 3.89. The molecule has 0 aromatic carbocycles. The number of ether oxygens (including phenoxy) is 2. The minimum absolute atomic E-state index is 0.200. The number of anilines is 1. The summed E-state index contributed by atoms with van der Waals surface area (Å²) in [5.41, 5.74) is 1.60. The highest BCUT2D eigenvalue weighted by Gasteiger charge is 2.55. The molecule has 2 saturated heterocycles. The Labute approximate surface area is 186 Å². The first-order valence-electron chi connectivity index (χ1n) is 11.1. The van der Waals surface area contributed by atoms with Crippen LogP contribution in [0.1, 0.15) is 67.3 Å². The number of carbonyl (C=O) groups excluding carboxylic acids is 2. The number of carbonyl (C=O) groups is 3. The molecule has 1 aromatic rings. The van der Waals surface area contributed by atoms with E-state index < -0.39 is 29.9 Å². The number of carboxylic acid groups (broad SMARTS) is 1. The van der Waals surface area contributed by atoms with E-state index in [2.05, 4.69) is 26.1 Å². The van der Waals surface area contributed by atoms with Crippen molar-refractivity contribution in [3.8, 4) is 0 Å². The number of aliphatic carboxylic acids is 1. The predicted molar refractivity (Wildman–Crippen MR) is 116 cm³/mol. The lowest BCUT2D eigenvalue weighted by atomic mass is 9.69. The zero-order chi connectivity index (χ0) is 22.5. The van der Waals surface area contributed by atoms with Crippen molar-refractivity contribution in [3.05, 3.63) is 16.0 Å². The fraction of sp³-hybridized carbons (Fsp3) is 0.696. The maximum Gasteiger partial charge on any atom is 0.341 e. The van der Waals surface area contributed by atoms with E-state index in [4.69, 9.17) is 9.47 Å². The van der Waals surface area contributed by atoms with Crippen LogP contribution < -0.4 is 5.32 Å². The number of carboxylic acids is 1. The summed E-state index contributed by atoms with van der Waals surface area (Å²) in [6, 6.07) is 0. The monoisotopic (exact) mass is 449 g/mol. The first-order chi connectivity index (χ1) is 14.7. The number of amides is 1. The summed E-state index contributed by atoms with van der Waals surface area (Å²) in [6.07, 6.45) is 4.27. The normalized spacial score (nSPS) is 29.5. The second kappa shape index (κ2) is 8.20. The van der Waals surface area contributed by atoms with Gasteiger partial charge in [0.05, 0.1) is 36.7 Å². The van der Waals surface area contributed by atoms with Crippen LogP contribution in [-0.2, 0) is 31.9 Å². The smallest absolute Gasteiger partial charge is 0.341 e. The number of thiophene rings is 1. The molecule has 0 saturated carbocycles. The molecule has 1 aliphatic carbocycles. The Morgan fingerprint density at radius 3 is 2.48 bits per heavy atom. The first kappa shape index (κ1) is 22.3. The molecule has 4 rings (SSSR count). The average Bonchev–Trinajstić information content (AvgIpc) is 3.44. The van der Waals surface area contributed by atoms with Gasteiger partial charge in [0.1, 0.15) is 5.00 Å². The zero-order valence-corrected chi connectivity index (χ0v) is 19.3. The summed E-state index contributed by atoms with van der Waals surface area (Å²) in [5.74, 6) is -2.92. The minimum Gasteiger partial charge on any atom is -0.481 e. The van der Waals surface area contributed by atoms with Crippen molar-refractivity contribution >= 4 is 34.2 Å². The lowest BCUT2D eigenvalue weighted by Crippen LogP contribution is -2.41. The molecule has 0 radical (unpaired) electrons. The topological polar surface area (TPSA) is 102 Å². The van der Waals surface area contributed by atoms with Gasteiger partial charge in [0.2, 0.25) is 5.91 Å². The van der Waals surface area contributed by atoms with E-state index in [1.54, 1.807) is 0 Å². The van der Waals surface area contributed by atoms with E-state index in [-0.39, 0.29) is 17.4 Å². The molecule has 3 aliphatic rings. The van der Waals surface area contributed by atoms with Crippen LogP contribution in [-0.4, -0.2) is 42.3 Å². The van der Waals surface area contributed by atoms with Crippen molar-refractivity contribution < 1.29 is 29.0 Å². The maximum absolute atomic E-state index is 13.2. The first-order valence-corrected chi connectivity index (χ1v) is 11.9. The molecule has 1 amide bonds. The third-order valence-corrected chi connectivity index (χ3v) is 8.94. The molecule has 2 fully saturated rings. The van der Waals surface area contributed by atoms with Crippen molar-refractivity contribution in [1.82, 2.24) is 0 Å². The lowest BCUT2D eigenvalue weighted by molar-refractivity contribution is -0.147. The van der Waals surface area contributed by atoms with Gasteiger partial charge < -0.3 is 19.9 Å². The summed E-state index contributed by atoms with van der Waals surface area (Å²) in [5, 5.41) is 13.0. The summed E-state index contributed by atoms with van der Waals surface area (Å²) in [4.78, 5) is 38.7. The Kier molecular flexibility index (Phi) is 5.89. The SMILES string of the molecule is CCC(C)(C)[C@@H]1CCc2c(sc(NC(=O)[C@@H]3[C@@H](C(=O)O)[C@H]4CC[C@@H]3O4)c2C(=O)OC)C1. The van der Waals surface area contributed by atoms with E-state index in [9.17, 15) is 19.5 Å².